The third kappa shape index (κ3) is 3.71. The molecule has 0 spiro atoms. The van der Waals surface area contributed by atoms with Crippen molar-refractivity contribution in [2.45, 2.75) is 37.1 Å². The number of rotatable bonds is 4. The highest BCUT2D eigenvalue weighted by molar-refractivity contribution is 7.89. The number of benzene rings is 1. The molecule has 1 unspecified atom stereocenters. The van der Waals surface area contributed by atoms with Crippen molar-refractivity contribution in [3.8, 4) is 0 Å². The molecule has 112 valence electrons. The molecule has 0 bridgehead atoms. The quantitative estimate of drug-likeness (QED) is 0.890. The smallest absolute Gasteiger partial charge is 0.240 e. The number of ether oxygens (including phenoxy) is 1. The molecule has 20 heavy (non-hydrogen) atoms. The Labute approximate surface area is 120 Å². The molecule has 2 rings (SSSR count). The Balaban J connectivity index is 2.20. The van der Waals surface area contributed by atoms with Crippen LogP contribution >= 0.6 is 0 Å². The van der Waals surface area contributed by atoms with E-state index in [0.29, 0.717) is 6.04 Å². The minimum Gasteiger partial charge on any atom is -0.382 e. The lowest BCUT2D eigenvalue weighted by Crippen LogP contribution is -2.22. The zero-order chi connectivity index (χ0) is 14.6. The molecule has 0 radical (unpaired) electrons. The van der Waals surface area contributed by atoms with Gasteiger partial charge in [0.25, 0.3) is 0 Å². The Kier molecular flexibility index (Phi) is 5.01. The van der Waals surface area contributed by atoms with E-state index in [1.807, 2.05) is 13.0 Å². The first-order valence-electron chi connectivity index (χ1n) is 6.91. The van der Waals surface area contributed by atoms with Gasteiger partial charge in [0.05, 0.1) is 4.90 Å². The average Bonchev–Trinajstić information content (AvgIpc) is 2.69. The topological polar surface area (TPSA) is 67.4 Å². The van der Waals surface area contributed by atoms with Crippen LogP contribution in [0.4, 0.5) is 5.69 Å². The summed E-state index contributed by atoms with van der Waals surface area (Å²) in [6, 6.07) is 5.50. The minimum atomic E-state index is -3.40. The SMILES string of the molecule is CNS(=O)(=O)c1ccc(C)c(NC2CCCOCC2)c1. The van der Waals surface area contributed by atoms with Crippen molar-refractivity contribution >= 4 is 15.7 Å². The summed E-state index contributed by atoms with van der Waals surface area (Å²) in [6.07, 6.45) is 3.02. The summed E-state index contributed by atoms with van der Waals surface area (Å²) in [6.45, 7) is 3.54. The molecule has 1 atom stereocenters. The first kappa shape index (κ1) is 15.3. The third-order valence-electron chi connectivity index (χ3n) is 3.60. The Morgan fingerprint density at radius 3 is 2.80 bits per heavy atom. The van der Waals surface area contributed by atoms with Crippen molar-refractivity contribution in [3.05, 3.63) is 23.8 Å². The molecule has 2 N–H and O–H groups in total. The van der Waals surface area contributed by atoms with Gasteiger partial charge in [-0.15, -0.1) is 0 Å². The van der Waals surface area contributed by atoms with Gasteiger partial charge in [0.15, 0.2) is 0 Å². The molecule has 1 aromatic carbocycles. The van der Waals surface area contributed by atoms with Crippen molar-refractivity contribution < 1.29 is 13.2 Å². The molecule has 6 heteroatoms. The molecule has 1 saturated heterocycles. The molecular formula is C14H22N2O3S. The molecule has 1 aromatic rings. The fourth-order valence-corrected chi connectivity index (χ4v) is 3.07. The number of nitrogens with one attached hydrogen (secondary N) is 2. The van der Waals surface area contributed by atoms with Gasteiger partial charge >= 0.3 is 0 Å². The average molecular weight is 298 g/mol. The van der Waals surface area contributed by atoms with Crippen LogP contribution < -0.4 is 10.0 Å². The van der Waals surface area contributed by atoms with E-state index < -0.39 is 10.0 Å². The lowest BCUT2D eigenvalue weighted by Gasteiger charge is -2.19. The maximum atomic E-state index is 11.9. The number of hydrogen-bond acceptors (Lipinski definition) is 4. The summed E-state index contributed by atoms with van der Waals surface area (Å²) < 4.78 is 31.5. The first-order chi connectivity index (χ1) is 9.53. The highest BCUT2D eigenvalue weighted by atomic mass is 32.2. The molecule has 1 aliphatic rings. The summed E-state index contributed by atoms with van der Waals surface area (Å²) in [5.74, 6) is 0. The Morgan fingerprint density at radius 2 is 2.05 bits per heavy atom. The van der Waals surface area contributed by atoms with Crippen molar-refractivity contribution in [1.82, 2.24) is 4.72 Å². The van der Waals surface area contributed by atoms with Gasteiger partial charge in [0, 0.05) is 24.9 Å². The van der Waals surface area contributed by atoms with Gasteiger partial charge in [-0.1, -0.05) is 6.07 Å². The second-order valence-electron chi connectivity index (χ2n) is 5.07. The van der Waals surface area contributed by atoms with E-state index in [1.165, 1.54) is 7.05 Å². The summed E-state index contributed by atoms with van der Waals surface area (Å²) in [5, 5.41) is 3.45. The number of aryl methyl sites for hydroxylation is 1. The second-order valence-corrected chi connectivity index (χ2v) is 6.96. The number of anilines is 1. The highest BCUT2D eigenvalue weighted by Gasteiger charge is 2.16. The van der Waals surface area contributed by atoms with Crippen molar-refractivity contribution in [3.63, 3.8) is 0 Å². The monoisotopic (exact) mass is 298 g/mol. The summed E-state index contributed by atoms with van der Waals surface area (Å²) in [4.78, 5) is 0.290. The van der Waals surface area contributed by atoms with E-state index in [4.69, 9.17) is 4.74 Å². The summed E-state index contributed by atoms with van der Waals surface area (Å²) in [7, 11) is -1.98. The Hall–Kier alpha value is -1.11. The number of hydrogen-bond donors (Lipinski definition) is 2. The van der Waals surface area contributed by atoms with E-state index in [2.05, 4.69) is 10.0 Å². The van der Waals surface area contributed by atoms with Gasteiger partial charge in [-0.2, -0.15) is 0 Å². The lowest BCUT2D eigenvalue weighted by molar-refractivity contribution is 0.144. The van der Waals surface area contributed by atoms with Crippen LogP contribution in [0.2, 0.25) is 0 Å². The molecule has 0 amide bonds. The van der Waals surface area contributed by atoms with Gasteiger partial charge in [-0.05, 0) is 50.9 Å². The molecule has 1 heterocycles. The van der Waals surface area contributed by atoms with Crippen molar-refractivity contribution in [1.29, 1.82) is 0 Å². The molecule has 0 aromatic heterocycles. The van der Waals surface area contributed by atoms with E-state index in [-0.39, 0.29) is 4.90 Å². The largest absolute Gasteiger partial charge is 0.382 e. The van der Waals surface area contributed by atoms with Crippen LogP contribution in [0.3, 0.4) is 0 Å². The van der Waals surface area contributed by atoms with Gasteiger partial charge < -0.3 is 10.1 Å². The van der Waals surface area contributed by atoms with Crippen LogP contribution in [0.25, 0.3) is 0 Å². The highest BCUT2D eigenvalue weighted by Crippen LogP contribution is 2.23. The Morgan fingerprint density at radius 1 is 1.25 bits per heavy atom. The van der Waals surface area contributed by atoms with E-state index in [9.17, 15) is 8.42 Å². The van der Waals surface area contributed by atoms with Crippen LogP contribution in [-0.4, -0.2) is 34.7 Å². The molecule has 5 nitrogen and oxygen atoms in total. The van der Waals surface area contributed by atoms with Crippen molar-refractivity contribution in [2.24, 2.45) is 0 Å². The second kappa shape index (κ2) is 6.56. The van der Waals surface area contributed by atoms with Gasteiger partial charge in [-0.25, -0.2) is 13.1 Å². The van der Waals surface area contributed by atoms with Crippen LogP contribution in [0.15, 0.2) is 23.1 Å². The summed E-state index contributed by atoms with van der Waals surface area (Å²) >= 11 is 0. The van der Waals surface area contributed by atoms with E-state index in [1.54, 1.807) is 12.1 Å². The standard InChI is InChI=1S/C14H22N2O3S/c1-11-5-6-13(20(17,18)15-2)10-14(11)16-12-4-3-8-19-9-7-12/h5-6,10,12,15-16H,3-4,7-9H2,1-2H3. The van der Waals surface area contributed by atoms with Gasteiger partial charge in [-0.3, -0.25) is 0 Å². The van der Waals surface area contributed by atoms with Gasteiger partial charge in [0.2, 0.25) is 10.0 Å². The van der Waals surface area contributed by atoms with E-state index >= 15 is 0 Å². The van der Waals surface area contributed by atoms with Crippen LogP contribution in [0, 0.1) is 6.92 Å². The van der Waals surface area contributed by atoms with Gasteiger partial charge in [0.1, 0.15) is 0 Å². The summed E-state index contributed by atoms with van der Waals surface area (Å²) in [5.41, 5.74) is 1.93. The molecule has 0 saturated carbocycles. The van der Waals surface area contributed by atoms with E-state index in [0.717, 1.165) is 43.7 Å². The lowest BCUT2D eigenvalue weighted by atomic mass is 10.1. The number of sulfonamides is 1. The fraction of sp³-hybridized carbons (Fsp3) is 0.571. The molecule has 1 aliphatic heterocycles. The van der Waals surface area contributed by atoms with Crippen molar-refractivity contribution in [2.75, 3.05) is 25.6 Å². The third-order valence-corrected chi connectivity index (χ3v) is 5.01. The predicted octanol–water partition coefficient (Wildman–Crippen LogP) is 1.88. The minimum absolute atomic E-state index is 0.290. The zero-order valence-corrected chi connectivity index (χ0v) is 12.8. The van der Waals surface area contributed by atoms with Crippen LogP contribution in [0.5, 0.6) is 0 Å². The zero-order valence-electron chi connectivity index (χ0n) is 12.0. The first-order valence-corrected chi connectivity index (χ1v) is 8.40. The normalized spacial score (nSPS) is 20.4. The predicted molar refractivity (Wildman–Crippen MR) is 79.5 cm³/mol. The Bertz CT molecular complexity index is 550. The molecule has 1 fully saturated rings. The fourth-order valence-electron chi connectivity index (χ4n) is 2.31. The van der Waals surface area contributed by atoms with Crippen LogP contribution in [-0.2, 0) is 14.8 Å². The van der Waals surface area contributed by atoms with Crippen LogP contribution in [0.1, 0.15) is 24.8 Å². The maximum Gasteiger partial charge on any atom is 0.240 e. The molecular weight excluding hydrogens is 276 g/mol. The molecule has 0 aliphatic carbocycles. The maximum absolute atomic E-state index is 11.9.